The highest BCUT2D eigenvalue weighted by Gasteiger charge is 2.35. The van der Waals surface area contributed by atoms with Crippen LogP contribution in [0.15, 0.2) is 42.5 Å². The Bertz CT molecular complexity index is 1180. The van der Waals surface area contributed by atoms with Crippen LogP contribution in [0, 0.1) is 5.82 Å². The summed E-state index contributed by atoms with van der Waals surface area (Å²) < 4.78 is 15.6. The number of nitrogens with one attached hydrogen (secondary N) is 1. The number of amides is 2. The van der Waals surface area contributed by atoms with Gasteiger partial charge in [-0.05, 0) is 80.4 Å². The van der Waals surface area contributed by atoms with Gasteiger partial charge in [-0.2, -0.15) is 0 Å². The molecular formula is C35H50ClFN4O2. The predicted octanol–water partition coefficient (Wildman–Crippen LogP) is 6.67. The van der Waals surface area contributed by atoms with Crippen LogP contribution < -0.4 is 10.2 Å². The Kier molecular flexibility index (Phi) is 12.9. The zero-order valence-corrected chi connectivity index (χ0v) is 27.1. The number of benzene rings is 2. The fraction of sp³-hybridized carbons (Fsp3) is 0.600. The minimum absolute atomic E-state index is 0.0509. The summed E-state index contributed by atoms with van der Waals surface area (Å²) in [5, 5.41) is 3.18. The van der Waals surface area contributed by atoms with Crippen LogP contribution in [0.2, 0.25) is 0 Å². The minimum atomic E-state index is -1.02. The highest BCUT2D eigenvalue weighted by molar-refractivity contribution is 6.29. The van der Waals surface area contributed by atoms with Crippen LogP contribution in [0.1, 0.15) is 93.9 Å². The summed E-state index contributed by atoms with van der Waals surface area (Å²) in [5.41, 5.74) is 2.74. The van der Waals surface area contributed by atoms with Crippen molar-refractivity contribution in [1.82, 2.24) is 15.1 Å². The fourth-order valence-electron chi connectivity index (χ4n) is 6.28. The molecular weight excluding hydrogens is 563 g/mol. The minimum Gasteiger partial charge on any atom is -0.351 e. The Labute approximate surface area is 262 Å². The molecule has 1 N–H and O–H groups in total. The van der Waals surface area contributed by atoms with Gasteiger partial charge in [0.15, 0.2) is 0 Å². The summed E-state index contributed by atoms with van der Waals surface area (Å²) in [6.45, 7) is 9.75. The summed E-state index contributed by atoms with van der Waals surface area (Å²) in [6, 6.07) is 11.8. The molecule has 2 aromatic rings. The maximum atomic E-state index is 15.6. The van der Waals surface area contributed by atoms with Crippen LogP contribution in [-0.2, 0) is 16.0 Å². The number of carbonyl (C=O) groups is 2. The van der Waals surface area contributed by atoms with Gasteiger partial charge in [0, 0.05) is 32.2 Å². The SMILES string of the molecule is CC(C)c1ccc(N(C(=O)CCl)C(C(=O)NC2CCCCC2)c2ccc(CCCCCN3CCN(C)CC3)cc2)c(F)c1. The van der Waals surface area contributed by atoms with Crippen LogP contribution in [0.4, 0.5) is 10.1 Å². The molecule has 0 bridgehead atoms. The van der Waals surface area contributed by atoms with E-state index in [1.165, 1.54) is 29.4 Å². The smallest absolute Gasteiger partial charge is 0.248 e. The van der Waals surface area contributed by atoms with Crippen molar-refractivity contribution >= 4 is 29.1 Å². The van der Waals surface area contributed by atoms with E-state index >= 15 is 4.39 Å². The van der Waals surface area contributed by atoms with Gasteiger partial charge in [-0.1, -0.05) is 69.9 Å². The van der Waals surface area contributed by atoms with Crippen molar-refractivity contribution in [1.29, 1.82) is 0 Å². The number of anilines is 1. The molecule has 236 valence electrons. The number of unbranched alkanes of at least 4 members (excludes halogenated alkanes) is 2. The normalized spacial score (nSPS) is 17.6. The highest BCUT2D eigenvalue weighted by atomic mass is 35.5. The summed E-state index contributed by atoms with van der Waals surface area (Å²) in [5.74, 6) is -1.57. The van der Waals surface area contributed by atoms with E-state index in [0.29, 0.717) is 5.56 Å². The van der Waals surface area contributed by atoms with Gasteiger partial charge in [0.2, 0.25) is 11.8 Å². The average molecular weight is 613 g/mol. The Hall–Kier alpha value is -2.48. The molecule has 2 fully saturated rings. The van der Waals surface area contributed by atoms with E-state index in [2.05, 4.69) is 22.2 Å². The molecule has 43 heavy (non-hydrogen) atoms. The largest absolute Gasteiger partial charge is 0.351 e. The molecule has 1 unspecified atom stereocenters. The fourth-order valence-corrected chi connectivity index (χ4v) is 6.41. The lowest BCUT2D eigenvalue weighted by Crippen LogP contribution is -2.48. The summed E-state index contributed by atoms with van der Waals surface area (Å²) in [6.07, 6.45) is 9.54. The van der Waals surface area contributed by atoms with Crippen molar-refractivity contribution in [3.8, 4) is 0 Å². The Morgan fingerprint density at radius 2 is 1.63 bits per heavy atom. The number of piperazine rings is 1. The van der Waals surface area contributed by atoms with Crippen molar-refractivity contribution in [2.45, 2.75) is 89.6 Å². The Balaban J connectivity index is 1.50. The zero-order valence-electron chi connectivity index (χ0n) is 26.3. The maximum Gasteiger partial charge on any atom is 0.248 e. The average Bonchev–Trinajstić information content (AvgIpc) is 3.01. The zero-order chi connectivity index (χ0) is 30.8. The first-order valence-corrected chi connectivity index (χ1v) is 16.8. The predicted molar refractivity (Wildman–Crippen MR) is 174 cm³/mol. The number of hydrogen-bond donors (Lipinski definition) is 1. The van der Waals surface area contributed by atoms with Gasteiger partial charge in [-0.3, -0.25) is 14.5 Å². The summed E-state index contributed by atoms with van der Waals surface area (Å²) >= 11 is 6.07. The van der Waals surface area contributed by atoms with Gasteiger partial charge in [0.1, 0.15) is 17.7 Å². The lowest BCUT2D eigenvalue weighted by molar-refractivity contribution is -0.126. The van der Waals surface area contributed by atoms with E-state index < -0.39 is 17.8 Å². The standard InChI is InChI=1S/C35H50ClFN4O2/c1-26(2)29-17-18-32(31(37)24-29)41(33(42)25-36)34(35(43)38-30-11-7-4-8-12-30)28-15-13-27(14-16-28)10-6-5-9-19-40-22-20-39(3)21-23-40/h13-18,24,26,30,34H,4-12,19-23,25H2,1-3H3,(H,38,43). The van der Waals surface area contributed by atoms with Crippen LogP contribution in [0.3, 0.4) is 0 Å². The molecule has 4 rings (SSSR count). The third-order valence-corrected chi connectivity index (χ3v) is 9.30. The number of nitrogens with zero attached hydrogens (tertiary/aromatic N) is 3. The van der Waals surface area contributed by atoms with Crippen molar-refractivity contribution in [2.75, 3.05) is 50.6 Å². The summed E-state index contributed by atoms with van der Waals surface area (Å²) in [7, 11) is 2.18. The number of alkyl halides is 1. The van der Waals surface area contributed by atoms with E-state index in [9.17, 15) is 9.59 Å². The molecule has 1 saturated heterocycles. The van der Waals surface area contributed by atoms with E-state index in [1.807, 2.05) is 44.2 Å². The van der Waals surface area contributed by atoms with E-state index in [1.54, 1.807) is 6.07 Å². The number of halogens is 2. The molecule has 1 aliphatic carbocycles. The number of carbonyl (C=O) groups excluding carboxylic acids is 2. The molecule has 1 aliphatic heterocycles. The van der Waals surface area contributed by atoms with Crippen molar-refractivity contribution in [2.24, 2.45) is 0 Å². The first kappa shape index (κ1) is 33.4. The van der Waals surface area contributed by atoms with Gasteiger partial charge in [0.25, 0.3) is 0 Å². The third kappa shape index (κ3) is 9.50. The molecule has 1 atom stereocenters. The Morgan fingerprint density at radius 1 is 0.953 bits per heavy atom. The third-order valence-electron chi connectivity index (χ3n) is 9.07. The van der Waals surface area contributed by atoms with Gasteiger partial charge in [-0.25, -0.2) is 4.39 Å². The van der Waals surface area contributed by atoms with Crippen LogP contribution in [0.25, 0.3) is 0 Å². The van der Waals surface area contributed by atoms with Crippen LogP contribution in [-0.4, -0.2) is 73.3 Å². The Morgan fingerprint density at radius 3 is 2.26 bits per heavy atom. The number of aryl methyl sites for hydroxylation is 1. The van der Waals surface area contributed by atoms with E-state index in [-0.39, 0.29) is 29.4 Å². The lowest BCUT2D eigenvalue weighted by Gasteiger charge is -2.33. The van der Waals surface area contributed by atoms with Crippen molar-refractivity contribution in [3.63, 3.8) is 0 Å². The van der Waals surface area contributed by atoms with Gasteiger partial charge < -0.3 is 15.1 Å². The highest BCUT2D eigenvalue weighted by Crippen LogP contribution is 2.33. The second kappa shape index (κ2) is 16.6. The van der Waals surface area contributed by atoms with Gasteiger partial charge in [-0.15, -0.1) is 11.6 Å². The van der Waals surface area contributed by atoms with Crippen molar-refractivity contribution in [3.05, 3.63) is 65.0 Å². The number of hydrogen-bond acceptors (Lipinski definition) is 4. The molecule has 2 aliphatic rings. The first-order valence-electron chi connectivity index (χ1n) is 16.2. The van der Waals surface area contributed by atoms with Crippen LogP contribution in [0.5, 0.6) is 0 Å². The molecule has 0 aromatic heterocycles. The molecule has 6 nitrogen and oxygen atoms in total. The molecule has 0 radical (unpaired) electrons. The monoisotopic (exact) mass is 612 g/mol. The molecule has 1 heterocycles. The van der Waals surface area contributed by atoms with Gasteiger partial charge >= 0.3 is 0 Å². The first-order chi connectivity index (χ1) is 20.8. The van der Waals surface area contributed by atoms with Gasteiger partial charge in [0.05, 0.1) is 5.69 Å². The second-order valence-electron chi connectivity index (χ2n) is 12.7. The lowest BCUT2D eigenvalue weighted by atomic mass is 9.94. The topological polar surface area (TPSA) is 55.9 Å². The second-order valence-corrected chi connectivity index (χ2v) is 13.0. The molecule has 2 amide bonds. The summed E-state index contributed by atoms with van der Waals surface area (Å²) in [4.78, 5) is 33.5. The van der Waals surface area contributed by atoms with Crippen molar-refractivity contribution < 1.29 is 14.0 Å². The maximum absolute atomic E-state index is 15.6. The quantitative estimate of drug-likeness (QED) is 0.203. The number of likely N-dealkylation sites (N-methyl/N-ethyl adjacent to an activating group) is 1. The number of rotatable bonds is 13. The molecule has 1 saturated carbocycles. The molecule has 8 heteroatoms. The van der Waals surface area contributed by atoms with E-state index in [0.717, 1.165) is 83.2 Å². The van der Waals surface area contributed by atoms with E-state index in [4.69, 9.17) is 11.6 Å². The molecule has 2 aromatic carbocycles. The van der Waals surface area contributed by atoms with Crippen LogP contribution >= 0.6 is 11.6 Å². The molecule has 0 spiro atoms.